The van der Waals surface area contributed by atoms with Gasteiger partial charge in [0.2, 0.25) is 5.91 Å². The van der Waals surface area contributed by atoms with Crippen molar-refractivity contribution in [1.29, 1.82) is 0 Å². The third kappa shape index (κ3) is 7.19. The molecule has 2 aromatic carbocycles. The van der Waals surface area contributed by atoms with E-state index in [9.17, 15) is 24.0 Å². The summed E-state index contributed by atoms with van der Waals surface area (Å²) in [6.07, 6.45) is -0.736. The fraction of sp³-hybridized carbons (Fsp3) is 0.300. The topological polar surface area (TPSA) is 130 Å². The Kier molecular flexibility index (Phi) is 9.44. The van der Waals surface area contributed by atoms with E-state index in [1.54, 1.807) is 6.07 Å². The number of benzene rings is 2. The Morgan fingerprint density at radius 2 is 1.40 bits per heavy atom. The van der Waals surface area contributed by atoms with Crippen molar-refractivity contribution in [1.82, 2.24) is 10.6 Å². The number of hydrogen-bond donors (Lipinski definition) is 3. The minimum Gasteiger partial charge on any atom is -0.481 e. The summed E-state index contributed by atoms with van der Waals surface area (Å²) in [6, 6.07) is 17.7. The minimum absolute atomic E-state index is 0.0412. The molecule has 0 aliphatic carbocycles. The molecule has 0 bridgehead atoms. The van der Waals surface area contributed by atoms with E-state index in [0.717, 1.165) is 20.2 Å². The lowest BCUT2D eigenvalue weighted by Gasteiger charge is -2.24. The van der Waals surface area contributed by atoms with Crippen molar-refractivity contribution >= 4 is 72.2 Å². The van der Waals surface area contributed by atoms with Crippen LogP contribution in [0.15, 0.2) is 60.7 Å². The van der Waals surface area contributed by atoms with Crippen LogP contribution in [0.2, 0.25) is 0 Å². The van der Waals surface area contributed by atoms with Crippen LogP contribution in [0.3, 0.4) is 0 Å². The number of nitrogens with one attached hydrogen (secondary N) is 2. The first-order valence-corrected chi connectivity index (χ1v) is 14.6. The highest BCUT2D eigenvalue weighted by atomic mass is 32.1. The first-order chi connectivity index (χ1) is 19.1. The molecule has 2 amide bonds. The van der Waals surface area contributed by atoms with Crippen molar-refractivity contribution in [3.63, 3.8) is 0 Å². The zero-order chi connectivity index (χ0) is 28.8. The molecule has 0 aliphatic rings. The molecule has 3 N–H and O–H groups in total. The van der Waals surface area contributed by atoms with E-state index in [1.165, 1.54) is 22.7 Å². The van der Waals surface area contributed by atoms with Gasteiger partial charge in [-0.1, -0.05) is 50.2 Å². The van der Waals surface area contributed by atoms with Crippen LogP contribution in [0.5, 0.6) is 0 Å². The van der Waals surface area contributed by atoms with Crippen LogP contribution >= 0.6 is 22.7 Å². The largest absolute Gasteiger partial charge is 0.481 e. The van der Waals surface area contributed by atoms with Gasteiger partial charge in [0.05, 0.1) is 16.2 Å². The molecule has 0 radical (unpaired) electrons. The van der Waals surface area contributed by atoms with Crippen molar-refractivity contribution in [2.75, 3.05) is 6.54 Å². The number of fused-ring (bicyclic) bond motifs is 2. The number of amides is 2. The molecule has 0 saturated carbocycles. The van der Waals surface area contributed by atoms with Gasteiger partial charge in [0.1, 0.15) is 6.04 Å². The second-order valence-corrected chi connectivity index (χ2v) is 12.1. The van der Waals surface area contributed by atoms with Gasteiger partial charge in [-0.05, 0) is 41.0 Å². The van der Waals surface area contributed by atoms with Gasteiger partial charge in [0, 0.05) is 34.7 Å². The lowest BCUT2D eigenvalue weighted by atomic mass is 9.89. The minimum atomic E-state index is -1.14. The standard InChI is InChI=1S/C30H30N2O6S2/c1-17(2)20(15-23(34)26-13-18-7-3-5-9-24(18)39-26)29(37)32-21(22(33)11-12-28(35)36)16-31-30(38)27-14-19-8-4-6-10-25(19)40-27/h3-10,13-14,17,20-21H,11-12,15-16H2,1-2H3,(H,31,38)(H,32,37)(H,35,36)/t20-,21+/m1/s1. The molecule has 10 heteroatoms. The zero-order valence-electron chi connectivity index (χ0n) is 22.1. The Morgan fingerprint density at radius 3 is 1.98 bits per heavy atom. The summed E-state index contributed by atoms with van der Waals surface area (Å²) in [5, 5.41) is 16.3. The van der Waals surface area contributed by atoms with Gasteiger partial charge < -0.3 is 15.7 Å². The third-order valence-electron chi connectivity index (χ3n) is 6.65. The molecule has 8 nitrogen and oxygen atoms in total. The van der Waals surface area contributed by atoms with E-state index < -0.39 is 41.9 Å². The Morgan fingerprint density at radius 1 is 0.825 bits per heavy atom. The van der Waals surface area contributed by atoms with E-state index in [4.69, 9.17) is 5.11 Å². The van der Waals surface area contributed by atoms with E-state index in [2.05, 4.69) is 10.6 Å². The lowest BCUT2D eigenvalue weighted by molar-refractivity contribution is -0.139. The first-order valence-electron chi connectivity index (χ1n) is 13.0. The Balaban J connectivity index is 1.46. The van der Waals surface area contributed by atoms with E-state index >= 15 is 0 Å². The van der Waals surface area contributed by atoms with Crippen LogP contribution in [-0.4, -0.2) is 47.0 Å². The number of rotatable bonds is 13. The summed E-state index contributed by atoms with van der Waals surface area (Å²) >= 11 is 2.68. The Bertz CT molecular complexity index is 1500. The maximum atomic E-state index is 13.4. The maximum Gasteiger partial charge on any atom is 0.303 e. The number of hydrogen-bond acceptors (Lipinski definition) is 7. The first kappa shape index (κ1) is 29.1. The van der Waals surface area contributed by atoms with Gasteiger partial charge in [-0.3, -0.25) is 24.0 Å². The molecule has 0 unspecified atom stereocenters. The predicted octanol–water partition coefficient (Wildman–Crippen LogP) is 5.31. The number of Topliss-reactive ketones (excluding diaryl/α,β-unsaturated/α-hetero) is 2. The van der Waals surface area contributed by atoms with Crippen LogP contribution < -0.4 is 10.6 Å². The molecule has 40 heavy (non-hydrogen) atoms. The van der Waals surface area contributed by atoms with Crippen LogP contribution in [0.1, 0.15) is 52.5 Å². The summed E-state index contributed by atoms with van der Waals surface area (Å²) in [5.74, 6) is -3.62. The number of carbonyl (C=O) groups excluding carboxylic acids is 4. The molecule has 0 aliphatic heterocycles. The summed E-state index contributed by atoms with van der Waals surface area (Å²) < 4.78 is 1.92. The molecular weight excluding hydrogens is 548 g/mol. The fourth-order valence-corrected chi connectivity index (χ4v) is 6.35. The van der Waals surface area contributed by atoms with Gasteiger partial charge in [-0.2, -0.15) is 0 Å². The quantitative estimate of drug-likeness (QED) is 0.184. The monoisotopic (exact) mass is 578 g/mol. The number of carboxylic acid groups (broad SMARTS) is 1. The molecule has 4 aromatic rings. The number of aliphatic carboxylic acids is 1. The molecule has 0 spiro atoms. The van der Waals surface area contributed by atoms with E-state index in [1.807, 2.05) is 68.4 Å². The van der Waals surface area contributed by atoms with Crippen molar-refractivity contribution in [3.8, 4) is 0 Å². The molecule has 2 atom stereocenters. The van der Waals surface area contributed by atoms with Crippen molar-refractivity contribution in [2.24, 2.45) is 11.8 Å². The van der Waals surface area contributed by atoms with Gasteiger partial charge >= 0.3 is 5.97 Å². The van der Waals surface area contributed by atoms with Crippen LogP contribution in [0, 0.1) is 11.8 Å². The molecule has 2 heterocycles. The number of carboxylic acids is 1. The van der Waals surface area contributed by atoms with Crippen LogP contribution in [0.4, 0.5) is 0 Å². The highest BCUT2D eigenvalue weighted by Gasteiger charge is 2.30. The summed E-state index contributed by atoms with van der Waals surface area (Å²) in [4.78, 5) is 64.3. The van der Waals surface area contributed by atoms with Crippen LogP contribution in [0.25, 0.3) is 20.2 Å². The normalized spacial score (nSPS) is 12.8. The predicted molar refractivity (Wildman–Crippen MR) is 157 cm³/mol. The highest BCUT2D eigenvalue weighted by molar-refractivity contribution is 7.21. The van der Waals surface area contributed by atoms with Crippen molar-refractivity contribution < 1.29 is 29.1 Å². The highest BCUT2D eigenvalue weighted by Crippen LogP contribution is 2.29. The average Bonchev–Trinajstić information content (AvgIpc) is 3.56. The fourth-order valence-electron chi connectivity index (χ4n) is 4.35. The number of ketones is 2. The molecule has 208 valence electrons. The summed E-state index contributed by atoms with van der Waals surface area (Å²) in [6.45, 7) is 3.45. The van der Waals surface area contributed by atoms with Crippen molar-refractivity contribution in [2.45, 2.75) is 39.2 Å². The molecule has 0 saturated heterocycles. The van der Waals surface area contributed by atoms with Gasteiger partial charge in [0.15, 0.2) is 11.6 Å². The van der Waals surface area contributed by atoms with Crippen LogP contribution in [-0.2, 0) is 14.4 Å². The smallest absolute Gasteiger partial charge is 0.303 e. The lowest BCUT2D eigenvalue weighted by Crippen LogP contribution is -2.50. The molecule has 4 rings (SSSR count). The Labute approximate surface area is 239 Å². The van der Waals surface area contributed by atoms with Gasteiger partial charge in [-0.15, -0.1) is 22.7 Å². The van der Waals surface area contributed by atoms with E-state index in [0.29, 0.717) is 9.75 Å². The molecule has 0 fully saturated rings. The second-order valence-electron chi connectivity index (χ2n) is 9.91. The summed E-state index contributed by atoms with van der Waals surface area (Å²) in [5.41, 5.74) is 0. The second kappa shape index (κ2) is 13.0. The number of carbonyl (C=O) groups is 5. The number of thiophene rings is 2. The maximum absolute atomic E-state index is 13.4. The van der Waals surface area contributed by atoms with Gasteiger partial charge in [0.25, 0.3) is 5.91 Å². The molecular formula is C30H30N2O6S2. The van der Waals surface area contributed by atoms with Crippen molar-refractivity contribution in [3.05, 3.63) is 70.4 Å². The van der Waals surface area contributed by atoms with E-state index in [-0.39, 0.29) is 31.1 Å². The molecule has 2 aromatic heterocycles. The van der Waals surface area contributed by atoms with Gasteiger partial charge in [-0.25, -0.2) is 0 Å². The zero-order valence-corrected chi connectivity index (χ0v) is 23.8. The Hall–Kier alpha value is -3.89. The average molecular weight is 579 g/mol. The summed E-state index contributed by atoms with van der Waals surface area (Å²) in [7, 11) is 0. The SMILES string of the molecule is CC(C)[C@@H](CC(=O)c1cc2ccccc2s1)C(=O)N[C@@H](CNC(=O)c1cc2ccccc2s1)C(=O)CCC(=O)O. The third-order valence-corrected chi connectivity index (χ3v) is 8.93.